The highest BCUT2D eigenvalue weighted by atomic mass is 32.2. The molecule has 0 fully saturated rings. The Labute approximate surface area is 140 Å². The van der Waals surface area contributed by atoms with Crippen LogP contribution >= 0.6 is 11.8 Å². The second kappa shape index (κ2) is 7.34. The Hall–Kier alpha value is -2.25. The van der Waals surface area contributed by atoms with E-state index in [1.165, 1.54) is 24.0 Å². The van der Waals surface area contributed by atoms with Crippen molar-refractivity contribution in [1.29, 1.82) is 5.26 Å². The van der Waals surface area contributed by atoms with Crippen LogP contribution in [-0.4, -0.2) is 11.7 Å². The minimum absolute atomic E-state index is 0.0119. The molecule has 0 bridgehead atoms. The van der Waals surface area contributed by atoms with Crippen LogP contribution in [0.25, 0.3) is 0 Å². The molecule has 0 saturated heterocycles. The highest BCUT2D eigenvalue weighted by Crippen LogP contribution is 2.27. The van der Waals surface area contributed by atoms with Crippen molar-refractivity contribution < 1.29 is 4.79 Å². The van der Waals surface area contributed by atoms with Gasteiger partial charge in [-0.25, -0.2) is 0 Å². The number of benzene rings is 2. The average molecular weight is 322 g/mol. The highest BCUT2D eigenvalue weighted by Gasteiger charge is 2.11. The van der Waals surface area contributed by atoms with Gasteiger partial charge in [0.1, 0.15) is 0 Å². The molecule has 0 saturated carbocycles. The summed E-state index contributed by atoms with van der Waals surface area (Å²) < 4.78 is 0. The van der Waals surface area contributed by atoms with Crippen molar-refractivity contribution in [2.24, 2.45) is 0 Å². The van der Waals surface area contributed by atoms with Gasteiger partial charge in [-0.05, 0) is 60.2 Å². The summed E-state index contributed by atoms with van der Waals surface area (Å²) in [5.74, 6) is 0.425. The van der Waals surface area contributed by atoms with Gasteiger partial charge < -0.3 is 5.32 Å². The number of nitrogens with one attached hydrogen (secondary N) is 1. The summed E-state index contributed by atoms with van der Waals surface area (Å²) in [5.41, 5.74) is 4.45. The maximum Gasteiger partial charge on any atom is 0.230 e. The minimum Gasteiger partial charge on any atom is -0.351 e. The summed E-state index contributed by atoms with van der Waals surface area (Å²) >= 11 is 1.57. The zero-order valence-electron chi connectivity index (χ0n) is 12.8. The number of aryl methyl sites for hydroxylation is 2. The molecule has 1 amide bonds. The number of fused-ring (bicyclic) bond motifs is 1. The van der Waals surface area contributed by atoms with E-state index in [1.54, 1.807) is 23.9 Å². The molecule has 1 aliphatic carbocycles. The lowest BCUT2D eigenvalue weighted by atomic mass is 10.1. The van der Waals surface area contributed by atoms with Gasteiger partial charge in [-0.2, -0.15) is 5.26 Å². The fourth-order valence-corrected chi connectivity index (χ4v) is 3.58. The van der Waals surface area contributed by atoms with Crippen molar-refractivity contribution in [3.05, 3.63) is 64.7 Å². The van der Waals surface area contributed by atoms with E-state index in [0.29, 0.717) is 17.9 Å². The molecule has 0 radical (unpaired) electrons. The van der Waals surface area contributed by atoms with Gasteiger partial charge in [-0.3, -0.25) is 4.79 Å². The maximum absolute atomic E-state index is 12.0. The van der Waals surface area contributed by atoms with Gasteiger partial charge in [0.05, 0.1) is 17.4 Å². The molecule has 0 aliphatic heterocycles. The standard InChI is InChI=1S/C19H18N2OS/c20-11-14-3-1-4-15(9-14)12-21-19(22)13-23-18-8-7-16-5-2-6-17(16)10-18/h1,3-4,7-10H,2,5-6,12-13H2,(H,21,22). The van der Waals surface area contributed by atoms with E-state index in [9.17, 15) is 4.79 Å². The Bertz CT molecular complexity index is 764. The van der Waals surface area contributed by atoms with E-state index in [4.69, 9.17) is 5.26 Å². The molecular formula is C19H18N2OS. The second-order valence-corrected chi connectivity index (χ2v) is 6.71. The summed E-state index contributed by atoms with van der Waals surface area (Å²) in [4.78, 5) is 13.1. The zero-order chi connectivity index (χ0) is 16.1. The van der Waals surface area contributed by atoms with Gasteiger partial charge in [0.15, 0.2) is 0 Å². The Morgan fingerprint density at radius 3 is 2.91 bits per heavy atom. The van der Waals surface area contributed by atoms with E-state index in [1.807, 2.05) is 12.1 Å². The molecule has 2 aromatic carbocycles. The number of carbonyl (C=O) groups is 1. The van der Waals surface area contributed by atoms with Crippen LogP contribution in [0, 0.1) is 11.3 Å². The molecular weight excluding hydrogens is 304 g/mol. The first-order chi connectivity index (χ1) is 11.2. The molecule has 116 valence electrons. The SMILES string of the molecule is N#Cc1cccc(CNC(=O)CSc2ccc3c(c2)CCC3)c1. The summed E-state index contributed by atoms with van der Waals surface area (Å²) in [6.07, 6.45) is 3.58. The molecule has 1 N–H and O–H groups in total. The molecule has 2 aromatic rings. The first-order valence-corrected chi connectivity index (χ1v) is 8.73. The lowest BCUT2D eigenvalue weighted by Gasteiger charge is -2.07. The number of amides is 1. The minimum atomic E-state index is 0.0119. The monoisotopic (exact) mass is 322 g/mol. The molecule has 0 spiro atoms. The van der Waals surface area contributed by atoms with Crippen LogP contribution in [0.2, 0.25) is 0 Å². The van der Waals surface area contributed by atoms with E-state index >= 15 is 0 Å². The summed E-state index contributed by atoms with van der Waals surface area (Å²) in [6.45, 7) is 0.457. The molecule has 0 aromatic heterocycles. The van der Waals surface area contributed by atoms with E-state index < -0.39 is 0 Å². The Morgan fingerprint density at radius 2 is 2.04 bits per heavy atom. The number of carbonyl (C=O) groups excluding carboxylic acids is 1. The van der Waals surface area contributed by atoms with Crippen LogP contribution in [0.4, 0.5) is 0 Å². The number of nitrogens with zero attached hydrogens (tertiary/aromatic N) is 1. The van der Waals surface area contributed by atoms with Crippen LogP contribution in [0.3, 0.4) is 0 Å². The molecule has 0 atom stereocenters. The van der Waals surface area contributed by atoms with Crippen LogP contribution < -0.4 is 5.32 Å². The first kappa shape index (κ1) is 15.6. The Balaban J connectivity index is 1.49. The predicted octanol–water partition coefficient (Wildman–Crippen LogP) is 3.46. The maximum atomic E-state index is 12.0. The molecule has 3 nitrogen and oxygen atoms in total. The highest BCUT2D eigenvalue weighted by molar-refractivity contribution is 8.00. The van der Waals surface area contributed by atoms with Crippen LogP contribution in [-0.2, 0) is 24.2 Å². The average Bonchev–Trinajstić information content (AvgIpc) is 3.06. The predicted molar refractivity (Wildman–Crippen MR) is 92.2 cm³/mol. The quantitative estimate of drug-likeness (QED) is 0.858. The number of hydrogen-bond donors (Lipinski definition) is 1. The van der Waals surface area contributed by atoms with Crippen molar-refractivity contribution in [3.8, 4) is 6.07 Å². The summed E-state index contributed by atoms with van der Waals surface area (Å²) in [5, 5.41) is 11.8. The second-order valence-electron chi connectivity index (χ2n) is 5.66. The van der Waals surface area contributed by atoms with Crippen LogP contribution in [0.5, 0.6) is 0 Å². The van der Waals surface area contributed by atoms with E-state index in [2.05, 4.69) is 29.6 Å². The largest absolute Gasteiger partial charge is 0.351 e. The number of rotatable bonds is 5. The van der Waals surface area contributed by atoms with Gasteiger partial charge in [-0.15, -0.1) is 11.8 Å². The molecule has 3 rings (SSSR count). The number of hydrogen-bond acceptors (Lipinski definition) is 3. The summed E-state index contributed by atoms with van der Waals surface area (Å²) in [6, 6.07) is 15.9. The molecule has 23 heavy (non-hydrogen) atoms. The lowest BCUT2D eigenvalue weighted by Crippen LogP contribution is -2.24. The van der Waals surface area contributed by atoms with Gasteiger partial charge in [-0.1, -0.05) is 18.2 Å². The fourth-order valence-electron chi connectivity index (χ4n) is 2.79. The smallest absolute Gasteiger partial charge is 0.230 e. The Morgan fingerprint density at radius 1 is 1.17 bits per heavy atom. The van der Waals surface area contributed by atoms with Crippen molar-refractivity contribution in [2.45, 2.75) is 30.7 Å². The number of nitriles is 1. The first-order valence-electron chi connectivity index (χ1n) is 7.75. The molecule has 1 aliphatic rings. The third-order valence-electron chi connectivity index (χ3n) is 3.99. The van der Waals surface area contributed by atoms with E-state index in [-0.39, 0.29) is 5.91 Å². The zero-order valence-corrected chi connectivity index (χ0v) is 13.7. The van der Waals surface area contributed by atoms with Crippen LogP contribution in [0.1, 0.15) is 28.7 Å². The lowest BCUT2D eigenvalue weighted by molar-refractivity contribution is -0.118. The fraction of sp³-hybridized carbons (Fsp3) is 0.263. The van der Waals surface area contributed by atoms with Gasteiger partial charge in [0.2, 0.25) is 5.91 Å². The Kier molecular flexibility index (Phi) is 4.99. The summed E-state index contributed by atoms with van der Waals surface area (Å²) in [7, 11) is 0. The number of thioether (sulfide) groups is 1. The molecule has 0 unspecified atom stereocenters. The third-order valence-corrected chi connectivity index (χ3v) is 4.98. The van der Waals surface area contributed by atoms with Crippen molar-refractivity contribution >= 4 is 17.7 Å². The topological polar surface area (TPSA) is 52.9 Å². The van der Waals surface area contributed by atoms with E-state index in [0.717, 1.165) is 16.9 Å². The van der Waals surface area contributed by atoms with Gasteiger partial charge in [0, 0.05) is 11.4 Å². The van der Waals surface area contributed by atoms with Gasteiger partial charge >= 0.3 is 0 Å². The van der Waals surface area contributed by atoms with Crippen molar-refractivity contribution in [2.75, 3.05) is 5.75 Å². The van der Waals surface area contributed by atoms with Crippen LogP contribution in [0.15, 0.2) is 47.4 Å². The van der Waals surface area contributed by atoms with Gasteiger partial charge in [0.25, 0.3) is 0 Å². The molecule has 4 heteroatoms. The van der Waals surface area contributed by atoms with Crippen molar-refractivity contribution in [1.82, 2.24) is 5.32 Å². The normalized spacial score (nSPS) is 12.5. The van der Waals surface area contributed by atoms with Crippen molar-refractivity contribution in [3.63, 3.8) is 0 Å². The third kappa shape index (κ3) is 4.14. The molecule has 0 heterocycles.